The Morgan fingerprint density at radius 1 is 1.00 bits per heavy atom. The van der Waals surface area contributed by atoms with Crippen molar-refractivity contribution in [1.82, 2.24) is 4.31 Å². The van der Waals surface area contributed by atoms with E-state index >= 15 is 0 Å². The molecule has 0 unspecified atom stereocenters. The van der Waals surface area contributed by atoms with Crippen LogP contribution in [0.2, 0.25) is 0 Å². The summed E-state index contributed by atoms with van der Waals surface area (Å²) in [5.74, 6) is 0.699. The summed E-state index contributed by atoms with van der Waals surface area (Å²) in [5.41, 5.74) is 1.09. The van der Waals surface area contributed by atoms with Gasteiger partial charge in [0.2, 0.25) is 10.0 Å². The van der Waals surface area contributed by atoms with E-state index in [-0.39, 0.29) is 11.2 Å². The van der Waals surface area contributed by atoms with Crippen LogP contribution in [0.15, 0.2) is 53.4 Å². The van der Waals surface area contributed by atoms with Gasteiger partial charge in [0, 0.05) is 25.9 Å². The number of carbonyl (C=O) groups excluding carboxylic acids is 1. The predicted molar refractivity (Wildman–Crippen MR) is 112 cm³/mol. The second-order valence-electron chi connectivity index (χ2n) is 9.06. The average Bonchev–Trinajstić information content (AvgIpc) is 2.68. The third-order valence-corrected chi connectivity index (χ3v) is 7.88. The van der Waals surface area contributed by atoms with E-state index in [1.807, 2.05) is 18.2 Å². The summed E-state index contributed by atoms with van der Waals surface area (Å²) < 4.78 is 33.6. The molecule has 6 heteroatoms. The van der Waals surface area contributed by atoms with Crippen molar-refractivity contribution in [2.45, 2.75) is 55.9 Å². The minimum Gasteiger partial charge on any atom is -0.486 e. The van der Waals surface area contributed by atoms with E-state index in [9.17, 15) is 13.2 Å². The molecule has 0 atom stereocenters. The zero-order valence-corrected chi connectivity index (χ0v) is 18.0. The first-order valence-electron chi connectivity index (χ1n) is 10.0. The number of benzene rings is 2. The molecule has 2 aromatic rings. The third-order valence-electron chi connectivity index (χ3n) is 5.97. The largest absolute Gasteiger partial charge is 0.486 e. The fraction of sp³-hybridized carbons (Fsp3) is 0.435. The van der Waals surface area contributed by atoms with Crippen molar-refractivity contribution in [1.29, 1.82) is 0 Å². The zero-order valence-electron chi connectivity index (χ0n) is 17.1. The normalized spacial score (nSPS) is 19.6. The SMILES string of the molecule is CC(C)(C)c1ccc2c(c1)C(=O)CC1(CCN(S(=O)(=O)c3ccccc3)CC1)O2. The molecular formula is C23H27NO4S. The van der Waals surface area contributed by atoms with Gasteiger partial charge in [-0.05, 0) is 35.2 Å². The molecule has 0 N–H and O–H groups in total. The second-order valence-corrected chi connectivity index (χ2v) is 11.0. The van der Waals surface area contributed by atoms with Gasteiger partial charge in [-0.25, -0.2) is 8.42 Å². The van der Waals surface area contributed by atoms with Crippen molar-refractivity contribution in [3.05, 3.63) is 59.7 Å². The molecule has 0 amide bonds. The van der Waals surface area contributed by atoms with E-state index in [2.05, 4.69) is 20.8 Å². The van der Waals surface area contributed by atoms with E-state index < -0.39 is 15.6 Å². The van der Waals surface area contributed by atoms with Gasteiger partial charge in [-0.1, -0.05) is 45.0 Å². The molecule has 29 heavy (non-hydrogen) atoms. The fourth-order valence-electron chi connectivity index (χ4n) is 4.12. The molecule has 0 aliphatic carbocycles. The highest BCUT2D eigenvalue weighted by Crippen LogP contribution is 2.41. The maximum atomic E-state index is 12.9. The molecule has 2 aromatic carbocycles. The van der Waals surface area contributed by atoms with Gasteiger partial charge in [0.25, 0.3) is 0 Å². The lowest BCUT2D eigenvalue weighted by Crippen LogP contribution is -2.52. The first kappa shape index (κ1) is 20.1. The smallest absolute Gasteiger partial charge is 0.243 e. The monoisotopic (exact) mass is 413 g/mol. The van der Waals surface area contributed by atoms with Crippen LogP contribution in [0, 0.1) is 0 Å². The van der Waals surface area contributed by atoms with Crippen LogP contribution >= 0.6 is 0 Å². The number of fused-ring (bicyclic) bond motifs is 1. The van der Waals surface area contributed by atoms with E-state index in [0.29, 0.717) is 48.6 Å². The molecule has 154 valence electrons. The number of rotatable bonds is 2. The zero-order chi connectivity index (χ0) is 20.9. The van der Waals surface area contributed by atoms with Crippen molar-refractivity contribution in [2.24, 2.45) is 0 Å². The van der Waals surface area contributed by atoms with Crippen molar-refractivity contribution in [3.8, 4) is 5.75 Å². The van der Waals surface area contributed by atoms with Crippen molar-refractivity contribution >= 4 is 15.8 Å². The van der Waals surface area contributed by atoms with Gasteiger partial charge in [-0.2, -0.15) is 4.31 Å². The average molecular weight is 414 g/mol. The molecule has 5 nitrogen and oxygen atoms in total. The van der Waals surface area contributed by atoms with Gasteiger partial charge in [0.05, 0.1) is 16.9 Å². The highest BCUT2D eigenvalue weighted by Gasteiger charge is 2.45. The van der Waals surface area contributed by atoms with E-state index in [1.54, 1.807) is 30.3 Å². The molecule has 4 rings (SSSR count). The lowest BCUT2D eigenvalue weighted by atomic mass is 9.80. The number of hydrogen-bond donors (Lipinski definition) is 0. The van der Waals surface area contributed by atoms with Crippen LogP contribution in [-0.2, 0) is 15.4 Å². The number of ketones is 1. The molecule has 0 saturated carbocycles. The highest BCUT2D eigenvalue weighted by molar-refractivity contribution is 7.89. The van der Waals surface area contributed by atoms with Crippen molar-refractivity contribution < 1.29 is 17.9 Å². The molecule has 0 radical (unpaired) electrons. The number of nitrogens with zero attached hydrogens (tertiary/aromatic N) is 1. The number of piperidine rings is 1. The number of ether oxygens (including phenoxy) is 1. The predicted octanol–water partition coefficient (Wildman–Crippen LogP) is 4.17. The highest BCUT2D eigenvalue weighted by atomic mass is 32.2. The Kier molecular flexibility index (Phi) is 4.82. The van der Waals surface area contributed by atoms with E-state index in [0.717, 1.165) is 5.56 Å². The Morgan fingerprint density at radius 2 is 1.66 bits per heavy atom. The number of hydrogen-bond acceptors (Lipinski definition) is 4. The second kappa shape index (κ2) is 6.96. The van der Waals surface area contributed by atoms with Crippen LogP contribution in [0.25, 0.3) is 0 Å². The molecule has 2 aliphatic rings. The van der Waals surface area contributed by atoms with Crippen LogP contribution in [0.4, 0.5) is 0 Å². The van der Waals surface area contributed by atoms with Gasteiger partial charge < -0.3 is 4.74 Å². The summed E-state index contributed by atoms with van der Waals surface area (Å²) in [6, 6.07) is 14.3. The Bertz CT molecular complexity index is 1030. The molecule has 1 spiro atoms. The fourth-order valence-corrected chi connectivity index (χ4v) is 5.58. The standard InChI is InChI=1S/C23H27NO4S/c1-22(2,3)17-9-10-21-19(15-17)20(25)16-23(28-21)11-13-24(14-12-23)29(26,27)18-7-5-4-6-8-18/h4-10,15H,11-14,16H2,1-3H3. The minimum atomic E-state index is -3.52. The molecule has 0 bridgehead atoms. The molecule has 1 saturated heterocycles. The molecular weight excluding hydrogens is 386 g/mol. The molecule has 1 fully saturated rings. The lowest BCUT2D eigenvalue weighted by Gasteiger charge is -2.43. The van der Waals surface area contributed by atoms with Crippen LogP contribution in [0.3, 0.4) is 0 Å². The van der Waals surface area contributed by atoms with Crippen molar-refractivity contribution in [3.63, 3.8) is 0 Å². The topological polar surface area (TPSA) is 63.7 Å². The van der Waals surface area contributed by atoms with Gasteiger partial charge in [-0.15, -0.1) is 0 Å². The number of carbonyl (C=O) groups is 1. The summed E-state index contributed by atoms with van der Waals surface area (Å²) in [4.78, 5) is 13.2. The number of Topliss-reactive ketones (excluding diaryl/α,β-unsaturated/α-hetero) is 1. The van der Waals surface area contributed by atoms with E-state index in [1.165, 1.54) is 4.31 Å². The molecule has 0 aromatic heterocycles. The number of sulfonamides is 1. The third kappa shape index (κ3) is 3.71. The quantitative estimate of drug-likeness (QED) is 0.741. The Labute approximate surface area is 172 Å². The molecule has 2 aliphatic heterocycles. The van der Waals surface area contributed by atoms with Crippen LogP contribution < -0.4 is 4.74 Å². The summed E-state index contributed by atoms with van der Waals surface area (Å²) in [5, 5.41) is 0. The van der Waals surface area contributed by atoms with Crippen molar-refractivity contribution in [2.75, 3.05) is 13.1 Å². The summed E-state index contributed by atoms with van der Waals surface area (Å²) in [7, 11) is -3.52. The lowest BCUT2D eigenvalue weighted by molar-refractivity contribution is 0.00587. The first-order valence-corrected chi connectivity index (χ1v) is 11.5. The maximum Gasteiger partial charge on any atom is 0.243 e. The van der Waals surface area contributed by atoms with Gasteiger partial charge >= 0.3 is 0 Å². The van der Waals surface area contributed by atoms with Crippen LogP contribution in [0.5, 0.6) is 5.75 Å². The van der Waals surface area contributed by atoms with Gasteiger partial charge in [-0.3, -0.25) is 4.79 Å². The Balaban J connectivity index is 1.53. The maximum absolute atomic E-state index is 12.9. The van der Waals surface area contributed by atoms with E-state index in [4.69, 9.17) is 4.74 Å². The summed E-state index contributed by atoms with van der Waals surface area (Å²) in [6.07, 6.45) is 1.31. The summed E-state index contributed by atoms with van der Waals surface area (Å²) in [6.45, 7) is 7.05. The van der Waals surface area contributed by atoms with Crippen LogP contribution in [0.1, 0.15) is 56.0 Å². The van der Waals surface area contributed by atoms with Gasteiger partial charge in [0.15, 0.2) is 5.78 Å². The first-order chi connectivity index (χ1) is 13.6. The van der Waals surface area contributed by atoms with Gasteiger partial charge in [0.1, 0.15) is 11.4 Å². The molecule has 2 heterocycles. The Hall–Kier alpha value is -2.18. The summed E-state index contributed by atoms with van der Waals surface area (Å²) >= 11 is 0. The Morgan fingerprint density at radius 3 is 2.28 bits per heavy atom. The van der Waals surface area contributed by atoms with Crippen LogP contribution in [-0.4, -0.2) is 37.2 Å². The minimum absolute atomic E-state index is 0.0401.